The van der Waals surface area contributed by atoms with Crippen LogP contribution in [-0.2, 0) is 4.79 Å². The predicted octanol–water partition coefficient (Wildman–Crippen LogP) is 1.20. The number of nitrogens with zero attached hydrogens (tertiary/aromatic N) is 2. The Kier molecular flexibility index (Phi) is 4.94. The molecule has 1 aliphatic heterocycles. The first-order valence-corrected chi connectivity index (χ1v) is 5.71. The lowest BCUT2D eigenvalue weighted by Gasteiger charge is -2.32. The van der Waals surface area contributed by atoms with Crippen molar-refractivity contribution in [1.82, 2.24) is 9.80 Å². The van der Waals surface area contributed by atoms with Gasteiger partial charge in [0.1, 0.15) is 0 Å². The van der Waals surface area contributed by atoms with Gasteiger partial charge in [-0.15, -0.1) is 0 Å². The van der Waals surface area contributed by atoms with Gasteiger partial charge in [-0.3, -0.25) is 4.79 Å². The quantitative estimate of drug-likeness (QED) is 0.620. The lowest BCUT2D eigenvalue weighted by molar-refractivity contribution is -0.119. The van der Waals surface area contributed by atoms with Crippen LogP contribution >= 0.6 is 0 Å². The topological polar surface area (TPSA) is 23.6 Å². The Morgan fingerprint density at radius 2 is 1.86 bits per heavy atom. The van der Waals surface area contributed by atoms with E-state index in [0.717, 1.165) is 38.5 Å². The molecular formula is C11H22N2O. The van der Waals surface area contributed by atoms with Crippen molar-refractivity contribution in [1.29, 1.82) is 0 Å². The SMILES string of the molecule is CCN(CC)CC1CCN(C=O)CC1. The highest BCUT2D eigenvalue weighted by Gasteiger charge is 2.19. The number of hydrogen-bond donors (Lipinski definition) is 0. The van der Waals surface area contributed by atoms with Crippen LogP contribution in [0.5, 0.6) is 0 Å². The van der Waals surface area contributed by atoms with Crippen LogP contribution in [0.3, 0.4) is 0 Å². The maximum Gasteiger partial charge on any atom is 0.209 e. The van der Waals surface area contributed by atoms with Crippen LogP contribution < -0.4 is 0 Å². The van der Waals surface area contributed by atoms with Crippen molar-refractivity contribution >= 4 is 6.41 Å². The molecule has 1 rings (SSSR count). The fourth-order valence-electron chi connectivity index (χ4n) is 2.09. The van der Waals surface area contributed by atoms with Crippen LogP contribution in [0, 0.1) is 5.92 Å². The number of amides is 1. The molecule has 0 aromatic heterocycles. The van der Waals surface area contributed by atoms with E-state index in [-0.39, 0.29) is 0 Å². The summed E-state index contributed by atoms with van der Waals surface area (Å²) in [7, 11) is 0. The van der Waals surface area contributed by atoms with Gasteiger partial charge in [0.25, 0.3) is 0 Å². The van der Waals surface area contributed by atoms with Gasteiger partial charge < -0.3 is 9.80 Å². The third kappa shape index (κ3) is 3.29. The minimum absolute atomic E-state index is 0.797. The maximum absolute atomic E-state index is 10.5. The van der Waals surface area contributed by atoms with Gasteiger partial charge in [-0.2, -0.15) is 0 Å². The van der Waals surface area contributed by atoms with Crippen LogP contribution in [-0.4, -0.2) is 48.9 Å². The molecular weight excluding hydrogens is 176 g/mol. The first kappa shape index (κ1) is 11.5. The van der Waals surface area contributed by atoms with Gasteiger partial charge in [0, 0.05) is 19.6 Å². The lowest BCUT2D eigenvalue weighted by Crippen LogP contribution is -2.38. The second-order valence-corrected chi connectivity index (χ2v) is 4.07. The molecule has 82 valence electrons. The number of rotatable bonds is 5. The molecule has 1 amide bonds. The van der Waals surface area contributed by atoms with Gasteiger partial charge in [-0.25, -0.2) is 0 Å². The highest BCUT2D eigenvalue weighted by atomic mass is 16.1. The summed E-state index contributed by atoms with van der Waals surface area (Å²) in [5.41, 5.74) is 0. The zero-order valence-electron chi connectivity index (χ0n) is 9.41. The van der Waals surface area contributed by atoms with Crippen LogP contribution in [0.4, 0.5) is 0 Å². The van der Waals surface area contributed by atoms with Crippen LogP contribution in [0.1, 0.15) is 26.7 Å². The van der Waals surface area contributed by atoms with E-state index in [1.807, 2.05) is 4.90 Å². The fraction of sp³-hybridized carbons (Fsp3) is 0.909. The van der Waals surface area contributed by atoms with Crippen LogP contribution in [0.2, 0.25) is 0 Å². The van der Waals surface area contributed by atoms with Crippen molar-refractivity contribution in [3.63, 3.8) is 0 Å². The Balaban J connectivity index is 2.24. The Labute approximate surface area is 87.1 Å². The molecule has 0 spiro atoms. The molecule has 0 bridgehead atoms. The van der Waals surface area contributed by atoms with Gasteiger partial charge in [0.15, 0.2) is 0 Å². The van der Waals surface area contributed by atoms with Crippen molar-refractivity contribution in [3.05, 3.63) is 0 Å². The molecule has 0 atom stereocenters. The highest BCUT2D eigenvalue weighted by Crippen LogP contribution is 2.17. The van der Waals surface area contributed by atoms with E-state index in [2.05, 4.69) is 18.7 Å². The number of carbonyl (C=O) groups excluding carboxylic acids is 1. The molecule has 0 aromatic carbocycles. The summed E-state index contributed by atoms with van der Waals surface area (Å²) in [6.45, 7) is 9.83. The molecule has 0 aromatic rings. The van der Waals surface area contributed by atoms with E-state index >= 15 is 0 Å². The Bertz CT molecular complexity index is 161. The van der Waals surface area contributed by atoms with E-state index < -0.39 is 0 Å². The summed E-state index contributed by atoms with van der Waals surface area (Å²) in [6, 6.07) is 0. The van der Waals surface area contributed by atoms with Crippen molar-refractivity contribution in [2.75, 3.05) is 32.7 Å². The standard InChI is InChI=1S/C11H22N2O/c1-3-12(4-2)9-11-5-7-13(10-14)8-6-11/h10-11H,3-9H2,1-2H3. The third-order valence-electron chi connectivity index (χ3n) is 3.21. The monoisotopic (exact) mass is 198 g/mol. The summed E-state index contributed by atoms with van der Waals surface area (Å²) in [6.07, 6.45) is 3.33. The molecule has 14 heavy (non-hydrogen) atoms. The molecule has 1 heterocycles. The first-order chi connectivity index (χ1) is 6.80. The molecule has 3 heteroatoms. The second-order valence-electron chi connectivity index (χ2n) is 4.07. The minimum Gasteiger partial charge on any atom is -0.345 e. The third-order valence-corrected chi connectivity index (χ3v) is 3.21. The van der Waals surface area contributed by atoms with E-state index in [1.54, 1.807) is 0 Å². The lowest BCUT2D eigenvalue weighted by atomic mass is 9.96. The molecule has 1 aliphatic rings. The van der Waals surface area contributed by atoms with E-state index in [1.165, 1.54) is 19.4 Å². The first-order valence-electron chi connectivity index (χ1n) is 5.71. The average Bonchev–Trinajstić information content (AvgIpc) is 2.26. The van der Waals surface area contributed by atoms with Gasteiger partial charge in [-0.1, -0.05) is 13.8 Å². The van der Waals surface area contributed by atoms with Gasteiger partial charge >= 0.3 is 0 Å². The van der Waals surface area contributed by atoms with E-state index in [0.29, 0.717) is 0 Å². The number of hydrogen-bond acceptors (Lipinski definition) is 2. The van der Waals surface area contributed by atoms with Gasteiger partial charge in [-0.05, 0) is 31.8 Å². The maximum atomic E-state index is 10.5. The second kappa shape index (κ2) is 6.02. The molecule has 0 N–H and O–H groups in total. The summed E-state index contributed by atoms with van der Waals surface area (Å²) in [4.78, 5) is 14.9. The number of carbonyl (C=O) groups is 1. The predicted molar refractivity (Wildman–Crippen MR) is 58.1 cm³/mol. The molecule has 3 nitrogen and oxygen atoms in total. The molecule has 0 radical (unpaired) electrons. The molecule has 1 fully saturated rings. The Morgan fingerprint density at radius 3 is 2.29 bits per heavy atom. The summed E-state index contributed by atoms with van der Waals surface area (Å²) in [5, 5.41) is 0. The highest BCUT2D eigenvalue weighted by molar-refractivity contribution is 5.47. The number of likely N-dealkylation sites (tertiary alicyclic amines) is 1. The number of piperidine rings is 1. The fourth-order valence-corrected chi connectivity index (χ4v) is 2.09. The van der Waals surface area contributed by atoms with Crippen LogP contribution in [0.25, 0.3) is 0 Å². The average molecular weight is 198 g/mol. The minimum atomic E-state index is 0.797. The van der Waals surface area contributed by atoms with Gasteiger partial charge in [0.2, 0.25) is 6.41 Å². The smallest absolute Gasteiger partial charge is 0.209 e. The van der Waals surface area contributed by atoms with Crippen molar-refractivity contribution in [2.24, 2.45) is 5.92 Å². The summed E-state index contributed by atoms with van der Waals surface area (Å²) >= 11 is 0. The van der Waals surface area contributed by atoms with Crippen molar-refractivity contribution in [3.8, 4) is 0 Å². The summed E-state index contributed by atoms with van der Waals surface area (Å²) < 4.78 is 0. The van der Waals surface area contributed by atoms with E-state index in [4.69, 9.17) is 0 Å². The zero-order chi connectivity index (χ0) is 10.4. The van der Waals surface area contributed by atoms with E-state index in [9.17, 15) is 4.79 Å². The van der Waals surface area contributed by atoms with Crippen molar-refractivity contribution < 1.29 is 4.79 Å². The Morgan fingerprint density at radius 1 is 1.29 bits per heavy atom. The molecule has 0 saturated carbocycles. The molecule has 0 aliphatic carbocycles. The zero-order valence-corrected chi connectivity index (χ0v) is 9.41. The summed E-state index contributed by atoms with van der Waals surface area (Å²) in [5.74, 6) is 0.797. The largest absolute Gasteiger partial charge is 0.345 e. The normalized spacial score (nSPS) is 18.9. The Hall–Kier alpha value is -0.570. The molecule has 0 unspecified atom stereocenters. The van der Waals surface area contributed by atoms with Crippen molar-refractivity contribution in [2.45, 2.75) is 26.7 Å². The molecule has 1 saturated heterocycles. The van der Waals surface area contributed by atoms with Gasteiger partial charge in [0.05, 0.1) is 0 Å². The van der Waals surface area contributed by atoms with Crippen LogP contribution in [0.15, 0.2) is 0 Å².